The van der Waals surface area contributed by atoms with Crippen molar-refractivity contribution in [2.45, 2.75) is 45.2 Å². The van der Waals surface area contributed by atoms with Crippen LogP contribution in [0, 0.1) is 0 Å². The molecule has 0 unspecified atom stereocenters. The third-order valence-electron chi connectivity index (χ3n) is 4.82. The van der Waals surface area contributed by atoms with E-state index in [0.717, 1.165) is 18.0 Å². The molecule has 0 heterocycles. The van der Waals surface area contributed by atoms with Crippen molar-refractivity contribution >= 4 is 11.6 Å². The molecule has 1 N–H and O–H groups in total. The fraction of sp³-hybridized carbons (Fsp3) is 0.409. The zero-order chi connectivity index (χ0) is 18.5. The van der Waals surface area contributed by atoms with Gasteiger partial charge in [-0.3, -0.25) is 9.69 Å². The van der Waals surface area contributed by atoms with Gasteiger partial charge in [0.1, 0.15) is 5.75 Å². The largest absolute Gasteiger partial charge is 0.497 e. The number of amides is 1. The highest BCUT2D eigenvalue weighted by Crippen LogP contribution is 2.28. The fourth-order valence-electron chi connectivity index (χ4n) is 3.06. The van der Waals surface area contributed by atoms with Crippen molar-refractivity contribution in [1.82, 2.24) is 4.90 Å². The Hall–Kier alpha value is -2.33. The first-order valence-corrected chi connectivity index (χ1v) is 9.32. The number of rotatable bonds is 8. The van der Waals surface area contributed by atoms with E-state index in [4.69, 9.17) is 4.74 Å². The number of hydrogen-bond donors (Lipinski definition) is 1. The third kappa shape index (κ3) is 5.09. The van der Waals surface area contributed by atoms with Crippen molar-refractivity contribution in [3.05, 3.63) is 59.7 Å². The quantitative estimate of drug-likeness (QED) is 0.764. The van der Waals surface area contributed by atoms with E-state index in [1.54, 1.807) is 7.11 Å². The molecule has 1 fully saturated rings. The lowest BCUT2D eigenvalue weighted by atomic mass is 10.0. The van der Waals surface area contributed by atoms with E-state index < -0.39 is 0 Å². The summed E-state index contributed by atoms with van der Waals surface area (Å²) in [5.74, 6) is 1.40. The monoisotopic (exact) mass is 352 g/mol. The van der Waals surface area contributed by atoms with Crippen LogP contribution in [0.3, 0.4) is 0 Å². The summed E-state index contributed by atoms with van der Waals surface area (Å²) in [5, 5.41) is 3.02. The van der Waals surface area contributed by atoms with Gasteiger partial charge in [-0.05, 0) is 54.2 Å². The average Bonchev–Trinajstić information content (AvgIpc) is 3.47. The Morgan fingerprint density at radius 3 is 2.31 bits per heavy atom. The van der Waals surface area contributed by atoms with Crippen LogP contribution in [-0.4, -0.2) is 30.5 Å². The summed E-state index contributed by atoms with van der Waals surface area (Å²) in [6.45, 7) is 5.54. The van der Waals surface area contributed by atoms with Gasteiger partial charge >= 0.3 is 0 Å². The Kier molecular flexibility index (Phi) is 5.94. The number of ether oxygens (including phenoxy) is 1. The first-order chi connectivity index (χ1) is 12.5. The molecule has 0 spiro atoms. The van der Waals surface area contributed by atoms with Crippen molar-refractivity contribution in [1.29, 1.82) is 0 Å². The Morgan fingerprint density at radius 2 is 1.77 bits per heavy atom. The SMILES string of the molecule is COc1ccc(CN(CC(=O)Nc2ccc(C(C)C)cc2)C2CC2)cc1. The predicted molar refractivity (Wildman–Crippen MR) is 106 cm³/mol. The van der Waals surface area contributed by atoms with Crippen LogP contribution < -0.4 is 10.1 Å². The summed E-state index contributed by atoms with van der Waals surface area (Å²) in [6, 6.07) is 16.7. The van der Waals surface area contributed by atoms with E-state index in [1.165, 1.54) is 24.0 Å². The van der Waals surface area contributed by atoms with E-state index >= 15 is 0 Å². The molecule has 3 rings (SSSR count). The molecule has 1 amide bonds. The second-order valence-corrected chi connectivity index (χ2v) is 7.31. The molecule has 0 aromatic heterocycles. The molecule has 4 nitrogen and oxygen atoms in total. The van der Waals surface area contributed by atoms with Crippen LogP contribution in [0.2, 0.25) is 0 Å². The van der Waals surface area contributed by atoms with Gasteiger partial charge in [-0.1, -0.05) is 38.1 Å². The molecule has 26 heavy (non-hydrogen) atoms. The summed E-state index contributed by atoms with van der Waals surface area (Å²) < 4.78 is 5.21. The Bertz CT molecular complexity index is 719. The van der Waals surface area contributed by atoms with Crippen molar-refractivity contribution in [2.24, 2.45) is 0 Å². The van der Waals surface area contributed by atoms with Gasteiger partial charge in [0.05, 0.1) is 13.7 Å². The summed E-state index contributed by atoms with van der Waals surface area (Å²) in [7, 11) is 1.67. The predicted octanol–water partition coefficient (Wildman–Crippen LogP) is 4.42. The van der Waals surface area contributed by atoms with Crippen LogP contribution >= 0.6 is 0 Å². The molecule has 0 saturated heterocycles. The average molecular weight is 352 g/mol. The van der Waals surface area contributed by atoms with E-state index in [-0.39, 0.29) is 5.91 Å². The van der Waals surface area contributed by atoms with E-state index in [2.05, 4.69) is 48.3 Å². The maximum Gasteiger partial charge on any atom is 0.238 e. The molecule has 2 aromatic rings. The molecule has 0 atom stereocenters. The van der Waals surface area contributed by atoms with Crippen molar-refractivity contribution in [2.75, 3.05) is 19.0 Å². The number of carbonyl (C=O) groups excluding carboxylic acids is 1. The standard InChI is InChI=1S/C22H28N2O2/c1-16(2)18-6-8-19(9-7-18)23-22(25)15-24(20-10-11-20)14-17-4-12-21(26-3)13-5-17/h4-9,12-13,16,20H,10-11,14-15H2,1-3H3,(H,23,25). The maximum absolute atomic E-state index is 12.5. The molecular formula is C22H28N2O2. The van der Waals surface area contributed by atoms with Crippen molar-refractivity contribution in [3.8, 4) is 5.75 Å². The minimum Gasteiger partial charge on any atom is -0.497 e. The molecule has 2 aromatic carbocycles. The first kappa shape index (κ1) is 18.5. The van der Waals surface area contributed by atoms with Crippen LogP contribution in [0.5, 0.6) is 5.75 Å². The van der Waals surface area contributed by atoms with Gasteiger partial charge < -0.3 is 10.1 Å². The summed E-state index contributed by atoms with van der Waals surface area (Å²) in [5.41, 5.74) is 3.34. The van der Waals surface area contributed by atoms with Crippen LogP contribution in [0.1, 0.15) is 43.7 Å². The highest BCUT2D eigenvalue weighted by molar-refractivity contribution is 5.92. The number of nitrogens with one attached hydrogen (secondary N) is 1. The number of benzene rings is 2. The van der Waals surface area contributed by atoms with E-state index in [0.29, 0.717) is 18.5 Å². The number of nitrogens with zero attached hydrogens (tertiary/aromatic N) is 1. The van der Waals surface area contributed by atoms with Gasteiger partial charge in [0, 0.05) is 18.3 Å². The Balaban J connectivity index is 1.57. The molecule has 1 saturated carbocycles. The molecule has 4 heteroatoms. The van der Waals surface area contributed by atoms with E-state index in [1.807, 2.05) is 24.3 Å². The lowest BCUT2D eigenvalue weighted by Crippen LogP contribution is -2.34. The van der Waals surface area contributed by atoms with Gasteiger partial charge in [-0.15, -0.1) is 0 Å². The minimum absolute atomic E-state index is 0.0442. The molecular weight excluding hydrogens is 324 g/mol. The minimum atomic E-state index is 0.0442. The zero-order valence-electron chi connectivity index (χ0n) is 15.9. The number of hydrogen-bond acceptors (Lipinski definition) is 3. The second kappa shape index (κ2) is 8.37. The molecule has 0 bridgehead atoms. The lowest BCUT2D eigenvalue weighted by Gasteiger charge is -2.21. The van der Waals surface area contributed by atoms with E-state index in [9.17, 15) is 4.79 Å². The van der Waals surface area contributed by atoms with Crippen LogP contribution in [0.4, 0.5) is 5.69 Å². The zero-order valence-corrected chi connectivity index (χ0v) is 15.9. The lowest BCUT2D eigenvalue weighted by molar-refractivity contribution is -0.117. The van der Waals surface area contributed by atoms with Crippen LogP contribution in [0.15, 0.2) is 48.5 Å². The topological polar surface area (TPSA) is 41.6 Å². The molecule has 138 valence electrons. The van der Waals surface area contributed by atoms with Crippen molar-refractivity contribution in [3.63, 3.8) is 0 Å². The smallest absolute Gasteiger partial charge is 0.238 e. The number of anilines is 1. The number of carbonyl (C=O) groups is 1. The first-order valence-electron chi connectivity index (χ1n) is 9.32. The summed E-state index contributed by atoms with van der Waals surface area (Å²) in [4.78, 5) is 14.8. The molecule has 0 aliphatic heterocycles. The van der Waals surface area contributed by atoms with Gasteiger partial charge in [0.2, 0.25) is 5.91 Å². The Morgan fingerprint density at radius 1 is 1.12 bits per heavy atom. The summed E-state index contributed by atoms with van der Waals surface area (Å²) in [6.07, 6.45) is 2.35. The summed E-state index contributed by atoms with van der Waals surface area (Å²) >= 11 is 0. The van der Waals surface area contributed by atoms with Gasteiger partial charge in [-0.25, -0.2) is 0 Å². The fourth-order valence-corrected chi connectivity index (χ4v) is 3.06. The molecule has 0 radical (unpaired) electrons. The van der Waals surface area contributed by atoms with Crippen molar-refractivity contribution < 1.29 is 9.53 Å². The number of methoxy groups -OCH3 is 1. The van der Waals surface area contributed by atoms with Gasteiger partial charge in [0.15, 0.2) is 0 Å². The maximum atomic E-state index is 12.5. The normalized spacial score (nSPS) is 13.9. The van der Waals surface area contributed by atoms with Gasteiger partial charge in [-0.2, -0.15) is 0 Å². The Labute approximate surface area is 156 Å². The van der Waals surface area contributed by atoms with Gasteiger partial charge in [0.25, 0.3) is 0 Å². The van der Waals surface area contributed by atoms with Crippen LogP contribution in [-0.2, 0) is 11.3 Å². The molecule has 1 aliphatic rings. The third-order valence-corrected chi connectivity index (χ3v) is 4.82. The highest BCUT2D eigenvalue weighted by Gasteiger charge is 2.30. The highest BCUT2D eigenvalue weighted by atomic mass is 16.5. The van der Waals surface area contributed by atoms with Crippen LogP contribution in [0.25, 0.3) is 0 Å². The second-order valence-electron chi connectivity index (χ2n) is 7.31. The molecule has 1 aliphatic carbocycles.